The number of nitrogens with zero attached hydrogens (tertiary/aromatic N) is 2. The van der Waals surface area contributed by atoms with E-state index in [0.29, 0.717) is 39.8 Å². The Labute approximate surface area is 178 Å². The zero-order valence-corrected chi connectivity index (χ0v) is 17.6. The Morgan fingerprint density at radius 2 is 2.14 bits per heavy atom. The SMILES string of the molecule is CC(Sc1nc2ccccc2c(=O)n1CC1CCCO1)C(=O)c1cccc(Cl)c1. The van der Waals surface area contributed by atoms with Crippen LogP contribution in [0.15, 0.2) is 58.5 Å². The first-order valence-electron chi connectivity index (χ1n) is 9.60. The van der Waals surface area contributed by atoms with Crippen molar-refractivity contribution in [1.29, 1.82) is 0 Å². The number of fused-ring (bicyclic) bond motifs is 1. The summed E-state index contributed by atoms with van der Waals surface area (Å²) in [5.41, 5.74) is 1.08. The predicted octanol–water partition coefficient (Wildman–Crippen LogP) is 4.59. The number of carbonyl (C=O) groups is 1. The topological polar surface area (TPSA) is 61.2 Å². The minimum absolute atomic E-state index is 0.00560. The molecule has 1 saturated heterocycles. The molecule has 3 aromatic rings. The van der Waals surface area contributed by atoms with Crippen molar-refractivity contribution in [1.82, 2.24) is 9.55 Å². The van der Waals surface area contributed by atoms with E-state index in [0.717, 1.165) is 12.8 Å². The predicted molar refractivity (Wildman–Crippen MR) is 116 cm³/mol. The van der Waals surface area contributed by atoms with E-state index < -0.39 is 5.25 Å². The van der Waals surface area contributed by atoms with Crippen molar-refractivity contribution in [3.05, 3.63) is 69.5 Å². The van der Waals surface area contributed by atoms with Gasteiger partial charge in [0, 0.05) is 17.2 Å². The molecule has 29 heavy (non-hydrogen) atoms. The molecular formula is C22H21ClN2O3S. The molecule has 2 unspecified atom stereocenters. The van der Waals surface area contributed by atoms with Gasteiger partial charge in [-0.2, -0.15) is 0 Å². The molecule has 0 aliphatic carbocycles. The van der Waals surface area contributed by atoms with Gasteiger partial charge in [0.05, 0.1) is 28.8 Å². The Bertz CT molecular complexity index is 1110. The van der Waals surface area contributed by atoms with Gasteiger partial charge in [-0.3, -0.25) is 14.2 Å². The first-order valence-corrected chi connectivity index (χ1v) is 10.9. The minimum Gasteiger partial charge on any atom is -0.376 e. The van der Waals surface area contributed by atoms with Gasteiger partial charge in [-0.25, -0.2) is 4.98 Å². The molecule has 1 fully saturated rings. The van der Waals surface area contributed by atoms with Crippen molar-refractivity contribution in [2.24, 2.45) is 0 Å². The molecule has 5 nitrogen and oxygen atoms in total. The Morgan fingerprint density at radius 3 is 2.90 bits per heavy atom. The fraction of sp³-hybridized carbons (Fsp3) is 0.318. The highest BCUT2D eigenvalue weighted by Crippen LogP contribution is 2.27. The second-order valence-electron chi connectivity index (χ2n) is 7.10. The summed E-state index contributed by atoms with van der Waals surface area (Å²) in [5.74, 6) is -0.0522. The molecule has 7 heteroatoms. The monoisotopic (exact) mass is 428 g/mol. The van der Waals surface area contributed by atoms with E-state index >= 15 is 0 Å². The molecule has 0 amide bonds. The van der Waals surface area contributed by atoms with Gasteiger partial charge >= 0.3 is 0 Å². The lowest BCUT2D eigenvalue weighted by Gasteiger charge is -2.18. The molecule has 2 atom stereocenters. The summed E-state index contributed by atoms with van der Waals surface area (Å²) in [6.45, 7) is 2.98. The first-order chi connectivity index (χ1) is 14.0. The van der Waals surface area contributed by atoms with Crippen LogP contribution in [-0.2, 0) is 11.3 Å². The molecule has 4 rings (SSSR count). The molecule has 0 bridgehead atoms. The lowest BCUT2D eigenvalue weighted by molar-refractivity contribution is 0.0937. The minimum atomic E-state index is -0.419. The maximum absolute atomic E-state index is 13.2. The number of ether oxygens (including phenoxy) is 1. The van der Waals surface area contributed by atoms with Gasteiger partial charge in [0.25, 0.3) is 5.56 Å². The van der Waals surface area contributed by atoms with Crippen molar-refractivity contribution < 1.29 is 9.53 Å². The summed E-state index contributed by atoms with van der Waals surface area (Å²) in [4.78, 5) is 30.7. The average Bonchev–Trinajstić information content (AvgIpc) is 3.23. The standard InChI is InChI=1S/C22H21ClN2O3S/c1-14(20(26)15-6-4-7-16(23)12-15)29-22-24-19-10-3-2-9-18(19)21(27)25(22)13-17-8-5-11-28-17/h2-4,6-7,9-10,12,14,17H,5,8,11,13H2,1H3. The summed E-state index contributed by atoms with van der Waals surface area (Å²) in [6.07, 6.45) is 1.90. The Kier molecular flexibility index (Phi) is 6.04. The van der Waals surface area contributed by atoms with E-state index in [1.54, 1.807) is 34.9 Å². The smallest absolute Gasteiger partial charge is 0.262 e. The quantitative estimate of drug-likeness (QED) is 0.326. The number of ketones is 1. The third kappa shape index (κ3) is 4.39. The number of hydrogen-bond donors (Lipinski definition) is 0. The Morgan fingerprint density at radius 1 is 1.31 bits per heavy atom. The molecule has 1 aliphatic rings. The third-order valence-electron chi connectivity index (χ3n) is 5.00. The zero-order valence-electron chi connectivity index (χ0n) is 16.0. The van der Waals surface area contributed by atoms with Gasteiger partial charge < -0.3 is 4.74 Å². The van der Waals surface area contributed by atoms with Crippen LogP contribution in [-0.4, -0.2) is 33.3 Å². The lowest BCUT2D eigenvalue weighted by atomic mass is 10.1. The summed E-state index contributed by atoms with van der Waals surface area (Å²) >= 11 is 7.32. The third-order valence-corrected chi connectivity index (χ3v) is 6.32. The maximum atomic E-state index is 13.2. The number of aromatic nitrogens is 2. The molecule has 1 aliphatic heterocycles. The van der Waals surface area contributed by atoms with E-state index in [9.17, 15) is 9.59 Å². The normalized spacial score (nSPS) is 17.5. The molecule has 0 N–H and O–H groups in total. The van der Waals surface area contributed by atoms with Crippen LogP contribution in [0.5, 0.6) is 0 Å². The van der Waals surface area contributed by atoms with Crippen molar-refractivity contribution in [2.75, 3.05) is 6.61 Å². The van der Waals surface area contributed by atoms with Gasteiger partial charge in [-0.1, -0.05) is 47.6 Å². The van der Waals surface area contributed by atoms with Gasteiger partial charge in [0.15, 0.2) is 10.9 Å². The molecule has 0 radical (unpaired) electrons. The van der Waals surface area contributed by atoms with Crippen LogP contribution in [0.2, 0.25) is 5.02 Å². The molecular weight excluding hydrogens is 408 g/mol. The molecule has 1 aromatic heterocycles. The fourth-order valence-corrected chi connectivity index (χ4v) is 4.66. The number of halogens is 1. The number of rotatable bonds is 6. The highest BCUT2D eigenvalue weighted by atomic mass is 35.5. The number of hydrogen-bond acceptors (Lipinski definition) is 5. The number of Topliss-reactive ketones (excluding diaryl/α,β-unsaturated/α-hetero) is 1. The number of thioether (sulfide) groups is 1. The highest BCUT2D eigenvalue weighted by molar-refractivity contribution is 8.00. The summed E-state index contributed by atoms with van der Waals surface area (Å²) in [5, 5.41) is 1.21. The number of benzene rings is 2. The van der Waals surface area contributed by atoms with E-state index in [2.05, 4.69) is 0 Å². The van der Waals surface area contributed by atoms with Crippen LogP contribution >= 0.6 is 23.4 Å². The number of carbonyl (C=O) groups excluding carboxylic acids is 1. The molecule has 0 saturated carbocycles. The maximum Gasteiger partial charge on any atom is 0.262 e. The van der Waals surface area contributed by atoms with E-state index in [1.165, 1.54) is 11.8 Å². The van der Waals surface area contributed by atoms with E-state index in [-0.39, 0.29) is 17.4 Å². The van der Waals surface area contributed by atoms with Crippen molar-refractivity contribution in [3.63, 3.8) is 0 Å². The molecule has 2 heterocycles. The van der Waals surface area contributed by atoms with Gasteiger partial charge in [0.1, 0.15) is 0 Å². The fourth-order valence-electron chi connectivity index (χ4n) is 3.48. The van der Waals surface area contributed by atoms with Crippen molar-refractivity contribution in [3.8, 4) is 0 Å². The second kappa shape index (κ2) is 8.69. The van der Waals surface area contributed by atoms with Crippen LogP contribution in [0.1, 0.15) is 30.1 Å². The van der Waals surface area contributed by atoms with Crippen molar-refractivity contribution >= 4 is 40.0 Å². The van der Waals surface area contributed by atoms with Crippen molar-refractivity contribution in [2.45, 2.75) is 42.8 Å². The Balaban J connectivity index is 1.69. The average molecular weight is 429 g/mol. The summed E-state index contributed by atoms with van der Waals surface area (Å²) < 4.78 is 7.39. The summed E-state index contributed by atoms with van der Waals surface area (Å²) in [6, 6.07) is 14.2. The first kappa shape index (κ1) is 20.1. The van der Waals surface area contributed by atoms with Gasteiger partial charge in [-0.05, 0) is 44.0 Å². The lowest BCUT2D eigenvalue weighted by Crippen LogP contribution is -2.29. The van der Waals surface area contributed by atoms with Crippen LogP contribution in [0.3, 0.4) is 0 Å². The zero-order chi connectivity index (χ0) is 20.4. The van der Waals surface area contributed by atoms with Crippen LogP contribution in [0.25, 0.3) is 10.9 Å². The molecule has 0 spiro atoms. The Hall–Kier alpha value is -2.15. The van der Waals surface area contributed by atoms with E-state index in [1.807, 2.05) is 25.1 Å². The second-order valence-corrected chi connectivity index (χ2v) is 8.84. The summed E-state index contributed by atoms with van der Waals surface area (Å²) in [7, 11) is 0. The number of para-hydroxylation sites is 1. The molecule has 150 valence electrons. The molecule has 2 aromatic carbocycles. The van der Waals surface area contributed by atoms with Crippen LogP contribution in [0, 0.1) is 0 Å². The van der Waals surface area contributed by atoms with Crippen LogP contribution < -0.4 is 5.56 Å². The highest BCUT2D eigenvalue weighted by Gasteiger charge is 2.23. The largest absolute Gasteiger partial charge is 0.376 e. The van der Waals surface area contributed by atoms with E-state index in [4.69, 9.17) is 21.3 Å². The van der Waals surface area contributed by atoms with Gasteiger partial charge in [-0.15, -0.1) is 0 Å². The van der Waals surface area contributed by atoms with Crippen LogP contribution in [0.4, 0.5) is 0 Å². The van der Waals surface area contributed by atoms with Gasteiger partial charge in [0.2, 0.25) is 0 Å².